The van der Waals surface area contributed by atoms with Gasteiger partial charge in [0.05, 0.1) is 12.4 Å². The summed E-state index contributed by atoms with van der Waals surface area (Å²) in [5.74, 6) is 0.722. The number of hydrogen-bond acceptors (Lipinski definition) is 4. The summed E-state index contributed by atoms with van der Waals surface area (Å²) < 4.78 is 0. The van der Waals surface area contributed by atoms with Gasteiger partial charge in [-0.15, -0.1) is 0 Å². The van der Waals surface area contributed by atoms with Gasteiger partial charge < -0.3 is 10.2 Å². The first-order valence-electron chi connectivity index (χ1n) is 7.63. The molecule has 1 N–H and O–H groups in total. The normalized spacial score (nSPS) is 15.9. The van der Waals surface area contributed by atoms with Crippen LogP contribution in [0.3, 0.4) is 0 Å². The molecule has 0 radical (unpaired) electrons. The topological polar surface area (TPSA) is 58.1 Å². The van der Waals surface area contributed by atoms with Crippen molar-refractivity contribution in [1.29, 1.82) is 0 Å². The van der Waals surface area contributed by atoms with E-state index in [1.807, 2.05) is 18.7 Å². The number of carbonyl (C=O) groups is 1. The van der Waals surface area contributed by atoms with Crippen LogP contribution in [0.2, 0.25) is 0 Å². The minimum atomic E-state index is 0.00921. The molecule has 0 aliphatic heterocycles. The minimum Gasteiger partial charge on any atom is -0.369 e. The van der Waals surface area contributed by atoms with Gasteiger partial charge in [0, 0.05) is 19.1 Å². The predicted octanol–water partition coefficient (Wildman–Crippen LogP) is 2.70. The molecule has 1 aliphatic rings. The van der Waals surface area contributed by atoms with Crippen molar-refractivity contribution in [1.82, 2.24) is 14.9 Å². The molecule has 1 aromatic heterocycles. The van der Waals surface area contributed by atoms with Crippen LogP contribution in [0.1, 0.15) is 56.4 Å². The molecule has 110 valence electrons. The van der Waals surface area contributed by atoms with Crippen molar-refractivity contribution in [2.75, 3.05) is 18.4 Å². The van der Waals surface area contributed by atoms with E-state index in [0.29, 0.717) is 17.6 Å². The summed E-state index contributed by atoms with van der Waals surface area (Å²) in [7, 11) is 0. The summed E-state index contributed by atoms with van der Waals surface area (Å²) in [6.45, 7) is 5.57. The SMILES string of the molecule is CCNc1cnc(C(=O)N(CC)C2CCCCC2)cn1. The molecule has 0 atom stereocenters. The number of carbonyl (C=O) groups excluding carboxylic acids is 1. The van der Waals surface area contributed by atoms with E-state index in [4.69, 9.17) is 0 Å². The van der Waals surface area contributed by atoms with Crippen molar-refractivity contribution >= 4 is 11.7 Å². The molecule has 1 heterocycles. The summed E-state index contributed by atoms with van der Waals surface area (Å²) in [6.07, 6.45) is 9.17. The second-order valence-electron chi connectivity index (χ2n) is 5.20. The Labute approximate surface area is 120 Å². The third kappa shape index (κ3) is 3.46. The maximum absolute atomic E-state index is 12.5. The third-order valence-electron chi connectivity index (χ3n) is 3.85. The Bertz CT molecular complexity index is 426. The van der Waals surface area contributed by atoms with E-state index < -0.39 is 0 Å². The highest BCUT2D eigenvalue weighted by atomic mass is 16.2. The predicted molar refractivity (Wildman–Crippen MR) is 79.8 cm³/mol. The van der Waals surface area contributed by atoms with Gasteiger partial charge in [0.15, 0.2) is 0 Å². The second kappa shape index (κ2) is 7.22. The molecule has 0 saturated heterocycles. The van der Waals surface area contributed by atoms with Gasteiger partial charge in [-0.3, -0.25) is 4.79 Å². The van der Waals surface area contributed by atoms with Crippen molar-refractivity contribution in [3.05, 3.63) is 18.1 Å². The van der Waals surface area contributed by atoms with Crippen LogP contribution in [-0.2, 0) is 0 Å². The molecular weight excluding hydrogens is 252 g/mol. The van der Waals surface area contributed by atoms with Crippen LogP contribution >= 0.6 is 0 Å². The van der Waals surface area contributed by atoms with Crippen molar-refractivity contribution in [3.8, 4) is 0 Å². The maximum atomic E-state index is 12.5. The highest BCUT2D eigenvalue weighted by Crippen LogP contribution is 2.23. The van der Waals surface area contributed by atoms with Gasteiger partial charge in [0.25, 0.3) is 5.91 Å². The Kier molecular flexibility index (Phi) is 5.32. The number of hydrogen-bond donors (Lipinski definition) is 1. The lowest BCUT2D eigenvalue weighted by Gasteiger charge is -2.33. The summed E-state index contributed by atoms with van der Waals surface area (Å²) in [5.41, 5.74) is 0.444. The number of anilines is 1. The van der Waals surface area contributed by atoms with E-state index in [2.05, 4.69) is 15.3 Å². The van der Waals surface area contributed by atoms with Crippen LogP contribution in [0.15, 0.2) is 12.4 Å². The van der Waals surface area contributed by atoms with Crippen LogP contribution in [0.4, 0.5) is 5.82 Å². The van der Waals surface area contributed by atoms with E-state index in [0.717, 1.165) is 25.9 Å². The zero-order valence-corrected chi connectivity index (χ0v) is 12.4. The van der Waals surface area contributed by atoms with Gasteiger partial charge in [-0.05, 0) is 26.7 Å². The summed E-state index contributed by atoms with van der Waals surface area (Å²) in [4.78, 5) is 23.0. The molecule has 5 heteroatoms. The molecule has 1 aliphatic carbocycles. The molecule has 5 nitrogen and oxygen atoms in total. The number of amides is 1. The monoisotopic (exact) mass is 276 g/mol. The first-order valence-corrected chi connectivity index (χ1v) is 7.63. The third-order valence-corrected chi connectivity index (χ3v) is 3.85. The zero-order valence-electron chi connectivity index (χ0n) is 12.4. The van der Waals surface area contributed by atoms with Gasteiger partial charge in [-0.25, -0.2) is 9.97 Å². The first-order chi connectivity index (χ1) is 9.76. The fourth-order valence-electron chi connectivity index (χ4n) is 2.82. The van der Waals surface area contributed by atoms with Gasteiger partial charge in [-0.2, -0.15) is 0 Å². The minimum absolute atomic E-state index is 0.00921. The van der Waals surface area contributed by atoms with Crippen molar-refractivity contribution < 1.29 is 4.79 Å². The molecule has 0 unspecified atom stereocenters. The van der Waals surface area contributed by atoms with E-state index in [9.17, 15) is 4.79 Å². The molecule has 1 fully saturated rings. The van der Waals surface area contributed by atoms with E-state index in [-0.39, 0.29) is 5.91 Å². The van der Waals surface area contributed by atoms with Crippen LogP contribution < -0.4 is 5.32 Å². The Morgan fingerprint density at radius 3 is 2.55 bits per heavy atom. The lowest BCUT2D eigenvalue weighted by Crippen LogP contribution is -2.41. The van der Waals surface area contributed by atoms with Crippen LogP contribution in [0.25, 0.3) is 0 Å². The molecule has 0 bridgehead atoms. The second-order valence-corrected chi connectivity index (χ2v) is 5.20. The van der Waals surface area contributed by atoms with Gasteiger partial charge in [0.2, 0.25) is 0 Å². The number of nitrogens with one attached hydrogen (secondary N) is 1. The summed E-state index contributed by atoms with van der Waals surface area (Å²) in [6, 6.07) is 0.372. The highest BCUT2D eigenvalue weighted by Gasteiger charge is 2.25. The molecule has 20 heavy (non-hydrogen) atoms. The standard InChI is InChI=1S/C15H24N4O/c1-3-16-14-11-17-13(10-18-14)15(20)19(4-2)12-8-6-5-7-9-12/h10-12H,3-9H2,1-2H3,(H,16,18). The largest absolute Gasteiger partial charge is 0.369 e. The smallest absolute Gasteiger partial charge is 0.274 e. The number of aromatic nitrogens is 2. The Morgan fingerprint density at radius 2 is 2.00 bits per heavy atom. The first kappa shape index (κ1) is 14.8. The fourth-order valence-corrected chi connectivity index (χ4v) is 2.82. The molecule has 1 aromatic rings. The Morgan fingerprint density at radius 1 is 1.25 bits per heavy atom. The molecule has 0 aromatic carbocycles. The van der Waals surface area contributed by atoms with Gasteiger partial charge >= 0.3 is 0 Å². The van der Waals surface area contributed by atoms with Gasteiger partial charge in [-0.1, -0.05) is 19.3 Å². The Balaban J connectivity index is 2.07. The van der Waals surface area contributed by atoms with Crippen LogP contribution in [0, 0.1) is 0 Å². The molecule has 0 spiro atoms. The lowest BCUT2D eigenvalue weighted by atomic mass is 9.94. The number of nitrogens with zero attached hydrogens (tertiary/aromatic N) is 3. The average Bonchev–Trinajstić information content (AvgIpc) is 2.50. The molecule has 1 saturated carbocycles. The van der Waals surface area contributed by atoms with E-state index in [1.54, 1.807) is 12.4 Å². The summed E-state index contributed by atoms with van der Waals surface area (Å²) >= 11 is 0. The van der Waals surface area contributed by atoms with Crippen LogP contribution in [-0.4, -0.2) is 39.9 Å². The zero-order chi connectivity index (χ0) is 14.4. The van der Waals surface area contributed by atoms with Crippen molar-refractivity contribution in [2.45, 2.75) is 52.0 Å². The lowest BCUT2D eigenvalue weighted by molar-refractivity contribution is 0.0641. The molecule has 1 amide bonds. The fraction of sp³-hybridized carbons (Fsp3) is 0.667. The molecule has 2 rings (SSSR count). The quantitative estimate of drug-likeness (QED) is 0.898. The Hall–Kier alpha value is -1.65. The average molecular weight is 276 g/mol. The van der Waals surface area contributed by atoms with Crippen molar-refractivity contribution in [2.24, 2.45) is 0 Å². The molecular formula is C15H24N4O. The van der Waals surface area contributed by atoms with Gasteiger partial charge in [0.1, 0.15) is 11.5 Å². The highest BCUT2D eigenvalue weighted by molar-refractivity contribution is 5.92. The van der Waals surface area contributed by atoms with Crippen LogP contribution in [0.5, 0.6) is 0 Å². The van der Waals surface area contributed by atoms with Crippen molar-refractivity contribution in [3.63, 3.8) is 0 Å². The maximum Gasteiger partial charge on any atom is 0.274 e. The van der Waals surface area contributed by atoms with E-state index in [1.165, 1.54) is 19.3 Å². The summed E-state index contributed by atoms with van der Waals surface area (Å²) in [5, 5.41) is 3.08. The number of rotatable bonds is 5. The van der Waals surface area contributed by atoms with E-state index >= 15 is 0 Å².